The van der Waals surface area contributed by atoms with Gasteiger partial charge in [0, 0.05) is 18.0 Å². The molecule has 2 aliphatic rings. The summed E-state index contributed by atoms with van der Waals surface area (Å²) in [5.74, 6) is 0.482. The molecule has 3 rings (SSSR count). The van der Waals surface area contributed by atoms with Crippen LogP contribution in [0.25, 0.3) is 0 Å². The Hall–Kier alpha value is -0.450. The molecular weight excluding hydrogens is 232 g/mol. The molecule has 94 valence electrons. The van der Waals surface area contributed by atoms with Crippen LogP contribution in [0, 0.1) is 5.92 Å². The van der Waals surface area contributed by atoms with Crippen molar-refractivity contribution in [3.05, 3.63) is 15.6 Å². The molecule has 4 heteroatoms. The van der Waals surface area contributed by atoms with Crippen molar-refractivity contribution >= 4 is 11.3 Å². The third-order valence-corrected chi connectivity index (χ3v) is 5.00. The first kappa shape index (κ1) is 11.6. The van der Waals surface area contributed by atoms with E-state index in [9.17, 15) is 5.11 Å². The molecule has 0 amide bonds. The van der Waals surface area contributed by atoms with Crippen molar-refractivity contribution in [3.8, 4) is 0 Å². The van der Waals surface area contributed by atoms with Crippen LogP contribution < -0.4 is 0 Å². The standard InChI is InChI=1S/C13H20N2OS/c16-9-10-3-2-6-15(7-10)8-13-14-11-4-1-5-12(11)17-13/h10,16H,1-9H2. The number of aliphatic hydroxyl groups excluding tert-OH is 1. The number of hydrogen-bond donors (Lipinski definition) is 1. The predicted octanol–water partition coefficient (Wildman–Crippen LogP) is 1.84. The lowest BCUT2D eigenvalue weighted by Gasteiger charge is -2.31. The van der Waals surface area contributed by atoms with Crippen LogP contribution in [-0.2, 0) is 19.4 Å². The molecule has 1 atom stereocenters. The van der Waals surface area contributed by atoms with Gasteiger partial charge in [-0.3, -0.25) is 4.90 Å². The fourth-order valence-corrected chi connectivity index (χ4v) is 4.15. The number of aromatic nitrogens is 1. The highest BCUT2D eigenvalue weighted by Crippen LogP contribution is 2.29. The first-order valence-corrected chi connectivity index (χ1v) is 7.47. The molecule has 2 heterocycles. The lowest BCUT2D eigenvalue weighted by molar-refractivity contribution is 0.116. The van der Waals surface area contributed by atoms with Gasteiger partial charge >= 0.3 is 0 Å². The van der Waals surface area contributed by atoms with Crippen molar-refractivity contribution in [3.63, 3.8) is 0 Å². The van der Waals surface area contributed by atoms with E-state index in [1.807, 2.05) is 11.3 Å². The Labute approximate surface area is 106 Å². The van der Waals surface area contributed by atoms with E-state index in [2.05, 4.69) is 4.90 Å². The highest BCUT2D eigenvalue weighted by atomic mass is 32.1. The fraction of sp³-hybridized carbons (Fsp3) is 0.769. The minimum atomic E-state index is 0.338. The van der Waals surface area contributed by atoms with E-state index in [1.54, 1.807) is 0 Å². The van der Waals surface area contributed by atoms with Gasteiger partial charge < -0.3 is 5.11 Å². The second-order valence-corrected chi connectivity index (χ2v) is 6.43. The molecule has 1 N–H and O–H groups in total. The SMILES string of the molecule is OCC1CCCN(Cc2nc3c(s2)CCC3)C1. The summed E-state index contributed by atoms with van der Waals surface area (Å²) in [5.41, 5.74) is 1.36. The van der Waals surface area contributed by atoms with Gasteiger partial charge in [0.25, 0.3) is 0 Å². The first-order valence-electron chi connectivity index (χ1n) is 6.66. The molecule has 1 fully saturated rings. The largest absolute Gasteiger partial charge is 0.396 e. The molecule has 0 radical (unpaired) electrons. The first-order chi connectivity index (χ1) is 8.35. The predicted molar refractivity (Wildman–Crippen MR) is 69.2 cm³/mol. The van der Waals surface area contributed by atoms with Gasteiger partial charge in [-0.15, -0.1) is 11.3 Å². The molecule has 0 aromatic carbocycles. The number of fused-ring (bicyclic) bond motifs is 1. The van der Waals surface area contributed by atoms with E-state index in [0.717, 1.165) is 13.1 Å². The molecule has 1 saturated heterocycles. The summed E-state index contributed by atoms with van der Waals surface area (Å²) in [5, 5.41) is 10.5. The van der Waals surface area contributed by atoms with Crippen molar-refractivity contribution in [2.24, 2.45) is 5.92 Å². The quantitative estimate of drug-likeness (QED) is 0.891. The number of likely N-dealkylation sites (tertiary alicyclic amines) is 1. The highest BCUT2D eigenvalue weighted by Gasteiger charge is 2.22. The van der Waals surface area contributed by atoms with Crippen LogP contribution in [0.15, 0.2) is 0 Å². The summed E-state index contributed by atoms with van der Waals surface area (Å²) in [7, 11) is 0. The molecule has 17 heavy (non-hydrogen) atoms. The van der Waals surface area contributed by atoms with Crippen LogP contribution in [0.4, 0.5) is 0 Å². The zero-order valence-electron chi connectivity index (χ0n) is 10.2. The Morgan fingerprint density at radius 1 is 1.35 bits per heavy atom. The Morgan fingerprint density at radius 2 is 2.29 bits per heavy atom. The van der Waals surface area contributed by atoms with E-state index >= 15 is 0 Å². The second kappa shape index (κ2) is 5.04. The maximum absolute atomic E-state index is 9.23. The smallest absolute Gasteiger partial charge is 0.107 e. The topological polar surface area (TPSA) is 36.4 Å². The maximum atomic E-state index is 9.23. The summed E-state index contributed by atoms with van der Waals surface area (Å²) < 4.78 is 0. The van der Waals surface area contributed by atoms with Gasteiger partial charge in [0.05, 0.1) is 12.2 Å². The number of aliphatic hydroxyl groups is 1. The molecule has 3 nitrogen and oxygen atoms in total. The number of aryl methyl sites for hydroxylation is 2. The van der Waals surface area contributed by atoms with Crippen LogP contribution in [-0.4, -0.2) is 34.7 Å². The summed E-state index contributed by atoms with van der Waals surface area (Å²) in [4.78, 5) is 8.73. The van der Waals surface area contributed by atoms with Crippen molar-refractivity contribution < 1.29 is 5.11 Å². The molecule has 1 aromatic heterocycles. The molecule has 1 aliphatic heterocycles. The van der Waals surface area contributed by atoms with E-state index in [0.29, 0.717) is 12.5 Å². The lowest BCUT2D eigenvalue weighted by Crippen LogP contribution is -2.36. The van der Waals surface area contributed by atoms with Crippen LogP contribution in [0.2, 0.25) is 0 Å². The minimum Gasteiger partial charge on any atom is -0.396 e. The van der Waals surface area contributed by atoms with Crippen molar-refractivity contribution in [2.45, 2.75) is 38.6 Å². The molecular formula is C13H20N2OS. The Morgan fingerprint density at radius 3 is 3.12 bits per heavy atom. The monoisotopic (exact) mass is 252 g/mol. The van der Waals surface area contributed by atoms with Crippen molar-refractivity contribution in [1.82, 2.24) is 9.88 Å². The van der Waals surface area contributed by atoms with Crippen LogP contribution in [0.3, 0.4) is 0 Å². The van der Waals surface area contributed by atoms with Gasteiger partial charge in [0.15, 0.2) is 0 Å². The van der Waals surface area contributed by atoms with E-state index in [4.69, 9.17) is 4.98 Å². The number of rotatable bonds is 3. The average Bonchev–Trinajstić information content (AvgIpc) is 2.90. The number of piperidine rings is 1. The fourth-order valence-electron chi connectivity index (χ4n) is 2.95. The maximum Gasteiger partial charge on any atom is 0.107 e. The van der Waals surface area contributed by atoms with Gasteiger partial charge in [-0.05, 0) is 44.6 Å². The second-order valence-electron chi connectivity index (χ2n) is 5.26. The molecule has 0 bridgehead atoms. The molecule has 1 unspecified atom stereocenters. The van der Waals surface area contributed by atoms with E-state index in [-0.39, 0.29) is 0 Å². The Bertz CT molecular complexity index is 369. The summed E-state index contributed by atoms with van der Waals surface area (Å²) >= 11 is 1.91. The highest BCUT2D eigenvalue weighted by molar-refractivity contribution is 7.11. The molecule has 1 aliphatic carbocycles. The Balaban J connectivity index is 1.62. The normalized spacial score (nSPS) is 25.1. The third kappa shape index (κ3) is 2.54. The summed E-state index contributed by atoms with van der Waals surface area (Å²) in [6.45, 7) is 3.54. The average molecular weight is 252 g/mol. The van der Waals surface area contributed by atoms with Gasteiger partial charge in [-0.25, -0.2) is 4.98 Å². The summed E-state index contributed by atoms with van der Waals surface area (Å²) in [6, 6.07) is 0. The summed E-state index contributed by atoms with van der Waals surface area (Å²) in [6.07, 6.45) is 6.12. The third-order valence-electron chi connectivity index (χ3n) is 3.86. The van der Waals surface area contributed by atoms with Crippen LogP contribution >= 0.6 is 11.3 Å². The Kier molecular flexibility index (Phi) is 3.45. The van der Waals surface area contributed by atoms with Gasteiger partial charge in [0.1, 0.15) is 5.01 Å². The molecule has 0 saturated carbocycles. The van der Waals surface area contributed by atoms with Crippen LogP contribution in [0.5, 0.6) is 0 Å². The van der Waals surface area contributed by atoms with Gasteiger partial charge in [-0.1, -0.05) is 0 Å². The van der Waals surface area contributed by atoms with Crippen molar-refractivity contribution in [1.29, 1.82) is 0 Å². The lowest BCUT2D eigenvalue weighted by atomic mass is 9.99. The number of nitrogens with zero attached hydrogens (tertiary/aromatic N) is 2. The van der Waals surface area contributed by atoms with E-state index in [1.165, 1.54) is 54.2 Å². The number of thiazole rings is 1. The van der Waals surface area contributed by atoms with Gasteiger partial charge in [-0.2, -0.15) is 0 Å². The zero-order valence-corrected chi connectivity index (χ0v) is 11.0. The minimum absolute atomic E-state index is 0.338. The zero-order chi connectivity index (χ0) is 11.7. The van der Waals surface area contributed by atoms with Gasteiger partial charge in [0.2, 0.25) is 0 Å². The van der Waals surface area contributed by atoms with Crippen LogP contribution in [0.1, 0.15) is 34.8 Å². The number of hydrogen-bond acceptors (Lipinski definition) is 4. The molecule has 1 aromatic rings. The van der Waals surface area contributed by atoms with E-state index < -0.39 is 0 Å². The molecule has 0 spiro atoms. The van der Waals surface area contributed by atoms with Crippen molar-refractivity contribution in [2.75, 3.05) is 19.7 Å².